The van der Waals surface area contributed by atoms with Gasteiger partial charge in [-0.3, -0.25) is 14.5 Å². The average molecular weight is 440 g/mol. The molecule has 2 aliphatic heterocycles. The Morgan fingerprint density at radius 3 is 2.77 bits per heavy atom. The van der Waals surface area contributed by atoms with Crippen LogP contribution in [-0.4, -0.2) is 63.0 Å². The summed E-state index contributed by atoms with van der Waals surface area (Å²) in [7, 11) is 1.73. The first-order valence-electron chi connectivity index (χ1n) is 10.7. The van der Waals surface area contributed by atoms with Crippen LogP contribution in [0.2, 0.25) is 5.02 Å². The molecule has 4 heterocycles. The van der Waals surface area contributed by atoms with Crippen molar-refractivity contribution in [2.45, 2.75) is 31.8 Å². The molecule has 31 heavy (non-hydrogen) atoms. The lowest BCUT2D eigenvalue weighted by Crippen LogP contribution is -2.34. The fraction of sp³-hybridized carbons (Fsp3) is 0.455. The van der Waals surface area contributed by atoms with Gasteiger partial charge in [-0.25, -0.2) is 4.98 Å². The molecule has 0 aliphatic carbocycles. The lowest BCUT2D eigenvalue weighted by atomic mass is 9.95. The molecule has 0 atom stereocenters. The van der Waals surface area contributed by atoms with Gasteiger partial charge in [0.25, 0.3) is 0 Å². The number of benzene rings is 1. The van der Waals surface area contributed by atoms with Crippen LogP contribution < -0.4 is 4.90 Å². The highest BCUT2D eigenvalue weighted by molar-refractivity contribution is 6.30. The summed E-state index contributed by atoms with van der Waals surface area (Å²) in [6, 6.07) is 6.12. The van der Waals surface area contributed by atoms with Crippen LogP contribution in [0.1, 0.15) is 36.0 Å². The quantitative estimate of drug-likeness (QED) is 0.605. The van der Waals surface area contributed by atoms with E-state index in [2.05, 4.69) is 46.7 Å². The summed E-state index contributed by atoms with van der Waals surface area (Å²) in [5.74, 6) is 3.31. The number of rotatable bonds is 5. The van der Waals surface area contributed by atoms with Crippen molar-refractivity contribution in [2.24, 2.45) is 0 Å². The number of hydrogen-bond donors (Lipinski definition) is 0. The minimum absolute atomic E-state index is 0.350. The molecule has 0 unspecified atom stereocenters. The number of anilines is 1. The molecule has 0 radical (unpaired) electrons. The Bertz CT molecular complexity index is 1030. The van der Waals surface area contributed by atoms with E-state index in [1.54, 1.807) is 19.5 Å². The zero-order valence-corrected chi connectivity index (χ0v) is 18.4. The van der Waals surface area contributed by atoms with E-state index in [1.165, 1.54) is 5.56 Å². The normalized spacial score (nSPS) is 17.3. The zero-order valence-electron chi connectivity index (χ0n) is 17.6. The smallest absolute Gasteiger partial charge is 0.151 e. The lowest BCUT2D eigenvalue weighted by Gasteiger charge is -2.32. The Hall–Kier alpha value is -2.55. The van der Waals surface area contributed by atoms with Crippen LogP contribution in [0.4, 0.5) is 5.82 Å². The van der Waals surface area contributed by atoms with Crippen molar-refractivity contribution in [3.05, 3.63) is 59.0 Å². The monoisotopic (exact) mass is 439 g/mol. The standard InChI is InChI=1S/C22H26ClN7O/c1-31-11-10-28-14-17-12-18(23)2-3-19(17)30-21(15-28)26-27-22(30)16-4-8-29(9-5-16)20-13-24-6-7-25-20/h2-3,6-7,12-13,16H,4-5,8-11,14-15H2,1H3. The number of halogens is 1. The molecule has 0 N–H and O–H groups in total. The van der Waals surface area contributed by atoms with Crippen LogP contribution in [0, 0.1) is 0 Å². The van der Waals surface area contributed by atoms with E-state index in [0.717, 1.165) is 73.7 Å². The fourth-order valence-corrected chi connectivity index (χ4v) is 4.75. The summed E-state index contributed by atoms with van der Waals surface area (Å²) < 4.78 is 7.57. The molecular formula is C22H26ClN7O. The SMILES string of the molecule is COCCN1Cc2cc(Cl)ccc2-n2c(nnc2C2CCN(c3cnccn3)CC2)C1. The van der Waals surface area contributed by atoms with Gasteiger partial charge in [0, 0.05) is 56.6 Å². The van der Waals surface area contributed by atoms with Gasteiger partial charge >= 0.3 is 0 Å². The van der Waals surface area contributed by atoms with E-state index >= 15 is 0 Å². The van der Waals surface area contributed by atoms with Crippen LogP contribution in [0.15, 0.2) is 36.8 Å². The van der Waals surface area contributed by atoms with Crippen LogP contribution in [0.5, 0.6) is 0 Å². The molecule has 162 valence electrons. The number of ether oxygens (including phenoxy) is 1. The first-order chi connectivity index (χ1) is 15.2. The molecule has 3 aromatic rings. The summed E-state index contributed by atoms with van der Waals surface area (Å²) in [6.45, 7) is 4.92. The number of fused-ring (bicyclic) bond motifs is 3. The summed E-state index contributed by atoms with van der Waals surface area (Å²) in [5, 5.41) is 10.0. The number of methoxy groups -OCH3 is 1. The molecule has 2 aliphatic rings. The Kier molecular flexibility index (Phi) is 5.85. The molecule has 1 saturated heterocycles. The number of piperidine rings is 1. The minimum Gasteiger partial charge on any atom is -0.383 e. The summed E-state index contributed by atoms with van der Waals surface area (Å²) >= 11 is 6.35. The largest absolute Gasteiger partial charge is 0.383 e. The number of nitrogens with zero attached hydrogens (tertiary/aromatic N) is 7. The van der Waals surface area contributed by atoms with Crippen molar-refractivity contribution in [3.63, 3.8) is 0 Å². The Morgan fingerprint density at radius 1 is 1.13 bits per heavy atom. The highest BCUT2D eigenvalue weighted by Gasteiger charge is 2.30. The van der Waals surface area contributed by atoms with Crippen LogP contribution in [0.25, 0.3) is 5.69 Å². The second kappa shape index (κ2) is 8.90. The highest BCUT2D eigenvalue weighted by atomic mass is 35.5. The lowest BCUT2D eigenvalue weighted by molar-refractivity contribution is 0.139. The molecule has 0 saturated carbocycles. The van der Waals surface area contributed by atoms with E-state index < -0.39 is 0 Å². The van der Waals surface area contributed by atoms with Gasteiger partial charge in [0.2, 0.25) is 0 Å². The summed E-state index contributed by atoms with van der Waals surface area (Å²) in [6.07, 6.45) is 7.30. The number of aromatic nitrogens is 5. The van der Waals surface area contributed by atoms with Crippen molar-refractivity contribution < 1.29 is 4.74 Å². The summed E-state index contributed by atoms with van der Waals surface area (Å²) in [4.78, 5) is 13.3. The van der Waals surface area contributed by atoms with Crippen molar-refractivity contribution in [1.82, 2.24) is 29.6 Å². The molecular weight excluding hydrogens is 414 g/mol. The fourth-order valence-electron chi connectivity index (χ4n) is 4.56. The van der Waals surface area contributed by atoms with E-state index in [0.29, 0.717) is 12.5 Å². The maximum atomic E-state index is 6.35. The molecule has 2 aromatic heterocycles. The molecule has 1 fully saturated rings. The maximum absolute atomic E-state index is 6.35. The van der Waals surface area contributed by atoms with Crippen LogP contribution in [0.3, 0.4) is 0 Å². The van der Waals surface area contributed by atoms with Crippen molar-refractivity contribution in [3.8, 4) is 5.69 Å². The molecule has 1 aromatic carbocycles. The van der Waals surface area contributed by atoms with E-state index in [-0.39, 0.29) is 0 Å². The first-order valence-corrected chi connectivity index (χ1v) is 11.1. The third-order valence-corrected chi connectivity index (χ3v) is 6.38. The minimum atomic E-state index is 0.350. The molecule has 0 bridgehead atoms. The Morgan fingerprint density at radius 2 is 2.00 bits per heavy atom. The van der Waals surface area contributed by atoms with Gasteiger partial charge in [-0.1, -0.05) is 11.6 Å². The third kappa shape index (κ3) is 4.15. The van der Waals surface area contributed by atoms with Gasteiger partial charge in [0.1, 0.15) is 11.6 Å². The molecule has 5 rings (SSSR count). The van der Waals surface area contributed by atoms with Gasteiger partial charge in [-0.05, 0) is 36.6 Å². The molecule has 9 heteroatoms. The predicted octanol–water partition coefficient (Wildman–Crippen LogP) is 3.06. The van der Waals surface area contributed by atoms with Gasteiger partial charge in [0.15, 0.2) is 5.82 Å². The van der Waals surface area contributed by atoms with E-state index in [4.69, 9.17) is 16.3 Å². The topological polar surface area (TPSA) is 72.2 Å². The predicted molar refractivity (Wildman–Crippen MR) is 119 cm³/mol. The summed E-state index contributed by atoms with van der Waals surface area (Å²) in [5.41, 5.74) is 2.33. The van der Waals surface area contributed by atoms with Crippen molar-refractivity contribution >= 4 is 17.4 Å². The first kappa shape index (κ1) is 20.4. The van der Waals surface area contributed by atoms with Gasteiger partial charge in [-0.15, -0.1) is 10.2 Å². The maximum Gasteiger partial charge on any atom is 0.151 e. The third-order valence-electron chi connectivity index (χ3n) is 6.14. The van der Waals surface area contributed by atoms with E-state index in [1.807, 2.05) is 12.3 Å². The Labute approximate surface area is 186 Å². The molecule has 0 amide bonds. The number of hydrogen-bond acceptors (Lipinski definition) is 7. The molecule has 8 nitrogen and oxygen atoms in total. The average Bonchev–Trinajstić information content (AvgIpc) is 3.14. The van der Waals surface area contributed by atoms with Crippen molar-refractivity contribution in [2.75, 3.05) is 38.3 Å². The van der Waals surface area contributed by atoms with Crippen LogP contribution in [-0.2, 0) is 17.8 Å². The second-order valence-corrected chi connectivity index (χ2v) is 8.55. The van der Waals surface area contributed by atoms with Crippen molar-refractivity contribution in [1.29, 1.82) is 0 Å². The van der Waals surface area contributed by atoms with Gasteiger partial charge in [0.05, 0.1) is 25.0 Å². The van der Waals surface area contributed by atoms with Gasteiger partial charge < -0.3 is 9.64 Å². The zero-order chi connectivity index (χ0) is 21.2. The van der Waals surface area contributed by atoms with Gasteiger partial charge in [-0.2, -0.15) is 0 Å². The second-order valence-electron chi connectivity index (χ2n) is 8.11. The molecule has 0 spiro atoms. The highest BCUT2D eigenvalue weighted by Crippen LogP contribution is 2.34. The van der Waals surface area contributed by atoms with Crippen LogP contribution >= 0.6 is 11.6 Å². The Balaban J connectivity index is 1.43. The van der Waals surface area contributed by atoms with E-state index in [9.17, 15) is 0 Å².